The second-order valence-electron chi connectivity index (χ2n) is 4.53. The first-order valence-electron chi connectivity index (χ1n) is 5.29. The van der Waals surface area contributed by atoms with Gasteiger partial charge in [0.05, 0.1) is 4.92 Å². The van der Waals surface area contributed by atoms with E-state index in [-0.39, 0.29) is 0 Å². The molecule has 18 heavy (non-hydrogen) atoms. The van der Waals surface area contributed by atoms with Crippen molar-refractivity contribution in [2.45, 2.75) is 25.3 Å². The molecule has 1 N–H and O–H groups in total. The van der Waals surface area contributed by atoms with E-state index in [0.717, 1.165) is 12.8 Å². The van der Waals surface area contributed by atoms with Crippen molar-refractivity contribution in [3.8, 4) is 0 Å². The van der Waals surface area contributed by atoms with Crippen LogP contribution in [0.4, 0.5) is 14.5 Å². The molecule has 1 aromatic rings. The number of hydrogen-bond donors (Lipinski definition) is 1. The van der Waals surface area contributed by atoms with Crippen LogP contribution in [0, 0.1) is 21.7 Å². The Hall–Kier alpha value is -2.05. The number of hydrogen-bond acceptors (Lipinski definition) is 3. The highest BCUT2D eigenvalue weighted by Crippen LogP contribution is 2.35. The number of benzene rings is 1. The van der Waals surface area contributed by atoms with Crippen LogP contribution in [-0.4, -0.2) is 16.4 Å². The molecule has 7 heteroatoms. The molecule has 1 fully saturated rings. The first kappa shape index (κ1) is 12.4. The molecule has 1 saturated carbocycles. The molecular weight excluding hydrogens is 246 g/mol. The van der Waals surface area contributed by atoms with Crippen molar-refractivity contribution in [3.63, 3.8) is 0 Å². The van der Waals surface area contributed by atoms with Gasteiger partial charge in [-0.05, 0) is 25.8 Å². The van der Waals surface area contributed by atoms with Crippen LogP contribution in [0.3, 0.4) is 0 Å². The van der Waals surface area contributed by atoms with Crippen molar-refractivity contribution >= 4 is 11.6 Å². The highest BCUT2D eigenvalue weighted by molar-refractivity contribution is 5.96. The Kier molecular flexibility index (Phi) is 2.76. The van der Waals surface area contributed by atoms with Gasteiger partial charge in [0.25, 0.3) is 5.91 Å². The predicted molar refractivity (Wildman–Crippen MR) is 58.1 cm³/mol. The molecule has 0 bridgehead atoms. The lowest BCUT2D eigenvalue weighted by Gasteiger charge is -2.12. The summed E-state index contributed by atoms with van der Waals surface area (Å²) in [5, 5.41) is 13.0. The van der Waals surface area contributed by atoms with Crippen molar-refractivity contribution in [2.24, 2.45) is 0 Å². The zero-order valence-corrected chi connectivity index (χ0v) is 9.50. The first-order chi connectivity index (χ1) is 8.34. The van der Waals surface area contributed by atoms with Gasteiger partial charge >= 0.3 is 5.69 Å². The van der Waals surface area contributed by atoms with Crippen molar-refractivity contribution in [3.05, 3.63) is 39.4 Å². The van der Waals surface area contributed by atoms with E-state index in [1.807, 2.05) is 0 Å². The van der Waals surface area contributed by atoms with Gasteiger partial charge in [-0.15, -0.1) is 0 Å². The van der Waals surface area contributed by atoms with Crippen LogP contribution in [0.1, 0.15) is 30.1 Å². The molecule has 96 valence electrons. The second-order valence-corrected chi connectivity index (χ2v) is 4.53. The van der Waals surface area contributed by atoms with Crippen LogP contribution >= 0.6 is 0 Å². The third kappa shape index (κ3) is 2.15. The number of nitro benzene ring substituents is 1. The highest BCUT2D eigenvalue weighted by Gasteiger charge is 2.40. The number of nitrogens with one attached hydrogen (secondary N) is 1. The molecule has 1 aromatic carbocycles. The molecule has 5 nitrogen and oxygen atoms in total. The zero-order valence-electron chi connectivity index (χ0n) is 9.50. The molecule has 1 aliphatic carbocycles. The van der Waals surface area contributed by atoms with E-state index in [4.69, 9.17) is 0 Å². The largest absolute Gasteiger partial charge is 0.347 e. The Balaban J connectivity index is 2.39. The van der Waals surface area contributed by atoms with Gasteiger partial charge in [0.1, 0.15) is 11.4 Å². The normalized spacial score (nSPS) is 16.2. The molecule has 0 heterocycles. The Labute approximate surface area is 101 Å². The quantitative estimate of drug-likeness (QED) is 0.665. The molecule has 0 saturated heterocycles. The van der Waals surface area contributed by atoms with E-state index in [2.05, 4.69) is 5.32 Å². The number of nitro groups is 1. The summed E-state index contributed by atoms with van der Waals surface area (Å²) in [7, 11) is 0. The van der Waals surface area contributed by atoms with Gasteiger partial charge in [-0.25, -0.2) is 4.39 Å². The number of amides is 1. The van der Waals surface area contributed by atoms with Gasteiger partial charge in [0, 0.05) is 11.6 Å². The average Bonchev–Trinajstić information content (AvgIpc) is 2.95. The van der Waals surface area contributed by atoms with Crippen LogP contribution in [0.15, 0.2) is 12.1 Å². The molecule has 0 unspecified atom stereocenters. The van der Waals surface area contributed by atoms with Gasteiger partial charge in [0.15, 0.2) is 0 Å². The fraction of sp³-hybridized carbons (Fsp3) is 0.364. The molecule has 0 radical (unpaired) electrons. The minimum atomic E-state index is -1.44. The van der Waals surface area contributed by atoms with Gasteiger partial charge in [-0.1, -0.05) is 0 Å². The van der Waals surface area contributed by atoms with Crippen LogP contribution in [0.5, 0.6) is 0 Å². The Morgan fingerprint density at radius 1 is 1.44 bits per heavy atom. The maximum Gasteiger partial charge on any atom is 0.305 e. The van der Waals surface area contributed by atoms with E-state index in [9.17, 15) is 23.7 Å². The van der Waals surface area contributed by atoms with E-state index >= 15 is 0 Å². The second kappa shape index (κ2) is 4.01. The van der Waals surface area contributed by atoms with Crippen LogP contribution < -0.4 is 5.32 Å². The summed E-state index contributed by atoms with van der Waals surface area (Å²) >= 11 is 0. The molecular formula is C11H10F2N2O3. The maximum atomic E-state index is 13.7. The maximum absolute atomic E-state index is 13.7. The summed E-state index contributed by atoms with van der Waals surface area (Å²) < 4.78 is 27.1. The number of carbonyl (C=O) groups is 1. The predicted octanol–water partition coefficient (Wildman–Crippen LogP) is 2.16. The van der Waals surface area contributed by atoms with Crippen LogP contribution in [0.2, 0.25) is 0 Å². The topological polar surface area (TPSA) is 72.2 Å². The van der Waals surface area contributed by atoms with E-state index in [0.29, 0.717) is 12.1 Å². The summed E-state index contributed by atoms with van der Waals surface area (Å²) in [6, 6.07) is 1.41. The fourth-order valence-electron chi connectivity index (χ4n) is 1.54. The minimum absolute atomic E-state index is 0.458. The summed E-state index contributed by atoms with van der Waals surface area (Å²) in [6.07, 6.45) is 1.44. The van der Waals surface area contributed by atoms with E-state index < -0.39 is 39.3 Å². The van der Waals surface area contributed by atoms with Crippen molar-refractivity contribution in [1.29, 1.82) is 0 Å². The smallest absolute Gasteiger partial charge is 0.305 e. The average molecular weight is 256 g/mol. The van der Waals surface area contributed by atoms with Crippen molar-refractivity contribution in [1.82, 2.24) is 5.32 Å². The van der Waals surface area contributed by atoms with Gasteiger partial charge in [-0.2, -0.15) is 4.39 Å². The number of nitrogens with zero attached hydrogens (tertiary/aromatic N) is 1. The van der Waals surface area contributed by atoms with Crippen LogP contribution in [0.25, 0.3) is 0 Å². The summed E-state index contributed by atoms with van der Waals surface area (Å²) in [6.45, 7) is 1.73. The standard InChI is InChI=1S/C11H10F2N2O3/c1-11(4-5-11)14-10(16)8-6(12)2-3-7(9(8)13)15(17)18/h2-3H,4-5H2,1H3,(H,14,16). The molecule has 0 aromatic heterocycles. The summed E-state index contributed by atoms with van der Waals surface area (Å²) in [5.74, 6) is -3.52. The van der Waals surface area contributed by atoms with Gasteiger partial charge < -0.3 is 5.32 Å². The van der Waals surface area contributed by atoms with E-state index in [1.54, 1.807) is 6.92 Å². The lowest BCUT2D eigenvalue weighted by molar-refractivity contribution is -0.387. The molecule has 0 spiro atoms. The Morgan fingerprint density at radius 3 is 2.56 bits per heavy atom. The lowest BCUT2D eigenvalue weighted by Crippen LogP contribution is -2.35. The van der Waals surface area contributed by atoms with Gasteiger partial charge in [-0.3, -0.25) is 14.9 Å². The molecule has 0 aliphatic heterocycles. The summed E-state index contributed by atoms with van der Waals surface area (Å²) in [4.78, 5) is 21.2. The van der Waals surface area contributed by atoms with Crippen molar-refractivity contribution < 1.29 is 18.5 Å². The number of carbonyl (C=O) groups excluding carboxylic acids is 1. The Morgan fingerprint density at radius 2 is 2.06 bits per heavy atom. The number of halogens is 2. The molecule has 1 aliphatic rings. The monoisotopic (exact) mass is 256 g/mol. The first-order valence-corrected chi connectivity index (χ1v) is 5.29. The highest BCUT2D eigenvalue weighted by atomic mass is 19.1. The summed E-state index contributed by atoms with van der Waals surface area (Å²) in [5.41, 5.74) is -2.28. The third-order valence-electron chi connectivity index (χ3n) is 2.91. The molecule has 0 atom stereocenters. The van der Waals surface area contributed by atoms with Gasteiger partial charge in [0.2, 0.25) is 5.82 Å². The van der Waals surface area contributed by atoms with Crippen molar-refractivity contribution in [2.75, 3.05) is 0 Å². The third-order valence-corrected chi connectivity index (χ3v) is 2.91. The fourth-order valence-corrected chi connectivity index (χ4v) is 1.54. The Bertz CT molecular complexity index is 541. The lowest BCUT2D eigenvalue weighted by atomic mass is 10.1. The SMILES string of the molecule is CC1(NC(=O)c2c(F)ccc([N+](=O)[O-])c2F)CC1. The minimum Gasteiger partial charge on any atom is -0.347 e. The molecule has 2 rings (SSSR count). The number of rotatable bonds is 3. The zero-order chi connectivity index (χ0) is 13.5. The van der Waals surface area contributed by atoms with Crippen LogP contribution in [-0.2, 0) is 0 Å². The van der Waals surface area contributed by atoms with E-state index in [1.165, 1.54) is 0 Å². The molecule has 1 amide bonds.